The van der Waals surface area contributed by atoms with Crippen molar-refractivity contribution < 1.29 is 9.53 Å². The number of benzene rings is 2. The third kappa shape index (κ3) is 6.44. The largest absolute Gasteiger partial charge is 0.497 e. The lowest BCUT2D eigenvalue weighted by Crippen LogP contribution is -2.35. The van der Waals surface area contributed by atoms with Gasteiger partial charge in [-0.25, -0.2) is 0 Å². The van der Waals surface area contributed by atoms with Crippen molar-refractivity contribution in [3.8, 4) is 5.75 Å². The molecule has 1 unspecified atom stereocenters. The average Bonchev–Trinajstić information content (AvgIpc) is 2.82. The molecule has 0 aliphatic heterocycles. The maximum Gasteiger partial charge on any atom is 0.251 e. The molecule has 2 aromatic carbocycles. The van der Waals surface area contributed by atoms with Gasteiger partial charge < -0.3 is 15.4 Å². The average molecular weight is 450 g/mol. The van der Waals surface area contributed by atoms with E-state index in [9.17, 15) is 9.70 Å². The van der Waals surface area contributed by atoms with E-state index in [0.717, 1.165) is 48.4 Å². The van der Waals surface area contributed by atoms with E-state index in [2.05, 4.69) is 43.2 Å². The summed E-state index contributed by atoms with van der Waals surface area (Å²) in [6.45, 7) is 10.7. The maximum absolute atomic E-state index is 13.4. The Balaban J connectivity index is 1.76. The van der Waals surface area contributed by atoms with Gasteiger partial charge in [-0.2, -0.15) is 4.91 Å². The second kappa shape index (κ2) is 10.6. The fourth-order valence-corrected chi connectivity index (χ4v) is 4.20. The van der Waals surface area contributed by atoms with Crippen molar-refractivity contribution >= 4 is 11.6 Å². The summed E-state index contributed by atoms with van der Waals surface area (Å²) in [5.74, 6) is 0.782. The van der Waals surface area contributed by atoms with Crippen molar-refractivity contribution in [2.75, 3.05) is 12.4 Å². The van der Waals surface area contributed by atoms with Crippen molar-refractivity contribution in [3.05, 3.63) is 76.8 Å². The van der Waals surface area contributed by atoms with E-state index < -0.39 is 6.04 Å². The van der Waals surface area contributed by atoms with Crippen LogP contribution in [-0.2, 0) is 10.2 Å². The number of hydrogen-bond acceptors (Lipinski definition) is 5. The van der Waals surface area contributed by atoms with Crippen molar-refractivity contribution in [1.82, 2.24) is 5.32 Å². The number of rotatable bonds is 8. The molecule has 0 bridgehead atoms. The van der Waals surface area contributed by atoms with Crippen molar-refractivity contribution in [2.45, 2.75) is 64.0 Å². The number of carbonyl (C=O) groups excluding carboxylic acids is 1. The molecule has 1 aliphatic rings. The normalized spacial score (nSPS) is 19.3. The first-order valence-corrected chi connectivity index (χ1v) is 11.5. The number of nitroso groups, excluding NO2 is 1. The van der Waals surface area contributed by atoms with E-state index in [1.165, 1.54) is 5.56 Å². The molecular formula is C27H35N3O3. The van der Waals surface area contributed by atoms with Gasteiger partial charge in [0, 0.05) is 11.4 Å². The minimum absolute atomic E-state index is 0.0475. The molecule has 33 heavy (non-hydrogen) atoms. The Kier molecular flexibility index (Phi) is 7.90. The number of carbonyl (C=O) groups is 1. The lowest BCUT2D eigenvalue weighted by Gasteiger charge is -2.30. The van der Waals surface area contributed by atoms with Crippen LogP contribution >= 0.6 is 0 Å². The Bertz CT molecular complexity index is 954. The van der Waals surface area contributed by atoms with Crippen LogP contribution in [0.4, 0.5) is 5.69 Å². The number of hydrogen-bond donors (Lipinski definition) is 2. The fourth-order valence-electron chi connectivity index (χ4n) is 4.20. The van der Waals surface area contributed by atoms with E-state index in [1.54, 1.807) is 7.11 Å². The summed E-state index contributed by atoms with van der Waals surface area (Å²) in [6.07, 6.45) is 3.20. The van der Waals surface area contributed by atoms with Crippen LogP contribution in [0.5, 0.6) is 5.75 Å². The van der Waals surface area contributed by atoms with Gasteiger partial charge in [-0.1, -0.05) is 56.8 Å². The lowest BCUT2D eigenvalue weighted by molar-refractivity contribution is -0.118. The highest BCUT2D eigenvalue weighted by Gasteiger charge is 2.27. The Hall–Kier alpha value is -3.15. The highest BCUT2D eigenvalue weighted by Crippen LogP contribution is 2.31. The van der Waals surface area contributed by atoms with Gasteiger partial charge >= 0.3 is 0 Å². The van der Waals surface area contributed by atoms with Gasteiger partial charge in [0.2, 0.25) is 0 Å². The topological polar surface area (TPSA) is 79.8 Å². The molecular weight excluding hydrogens is 414 g/mol. The first-order valence-electron chi connectivity index (χ1n) is 11.5. The van der Waals surface area contributed by atoms with Gasteiger partial charge in [0.25, 0.3) is 5.91 Å². The molecule has 6 nitrogen and oxygen atoms in total. The quantitative estimate of drug-likeness (QED) is 0.477. The number of methoxy groups -OCH3 is 1. The molecule has 2 N–H and O–H groups in total. The number of nitrogens with one attached hydrogen (secondary N) is 2. The molecule has 1 saturated carbocycles. The van der Waals surface area contributed by atoms with E-state index in [4.69, 9.17) is 4.74 Å². The first kappa shape index (κ1) is 24.5. The van der Waals surface area contributed by atoms with E-state index >= 15 is 0 Å². The van der Waals surface area contributed by atoms with Crippen LogP contribution in [0.1, 0.15) is 63.6 Å². The third-order valence-corrected chi connectivity index (χ3v) is 6.40. The maximum atomic E-state index is 13.4. The molecule has 176 valence electrons. The van der Waals surface area contributed by atoms with Crippen LogP contribution in [0, 0.1) is 10.8 Å². The van der Waals surface area contributed by atoms with Crippen LogP contribution in [-0.4, -0.2) is 19.1 Å². The lowest BCUT2D eigenvalue weighted by atomic mass is 9.84. The fraction of sp³-hybridized carbons (Fsp3) is 0.444. The standard InChI is InChI=1S/C27H35N3O3/c1-18(19-6-12-23(30-32)13-7-19)28-25(20-8-16-24(33-5)17-9-20)26(31)29-22-14-10-21(11-15-22)27(2,3)4/h8-11,14-17,19,23,25,28H,1,6-7,12-13H2,2-5H3,(H,29,31). The Morgan fingerprint density at radius 3 is 2.15 bits per heavy atom. The Labute approximate surface area is 196 Å². The second-order valence-electron chi connectivity index (χ2n) is 9.80. The number of amides is 1. The van der Waals surface area contributed by atoms with Gasteiger partial charge in [-0.05, 0) is 72.4 Å². The summed E-state index contributed by atoms with van der Waals surface area (Å²) in [7, 11) is 1.62. The smallest absolute Gasteiger partial charge is 0.251 e. The minimum Gasteiger partial charge on any atom is -0.497 e. The van der Waals surface area contributed by atoms with E-state index in [1.807, 2.05) is 48.5 Å². The van der Waals surface area contributed by atoms with Crippen LogP contribution in [0.15, 0.2) is 66.0 Å². The number of nitrogens with zero attached hydrogens (tertiary/aromatic N) is 1. The Morgan fingerprint density at radius 1 is 1.03 bits per heavy atom. The Morgan fingerprint density at radius 2 is 1.64 bits per heavy atom. The molecule has 1 atom stereocenters. The first-order chi connectivity index (χ1) is 15.7. The summed E-state index contributed by atoms with van der Waals surface area (Å²) in [6, 6.07) is 14.7. The SMILES string of the molecule is C=C(NC(C(=O)Nc1ccc(C(C)(C)C)cc1)c1ccc(OC)cc1)C1CCC(N=O)CC1. The molecule has 0 spiro atoms. The molecule has 1 fully saturated rings. The number of allylic oxidation sites excluding steroid dienone is 1. The van der Waals surface area contributed by atoms with Gasteiger partial charge in [0.1, 0.15) is 11.8 Å². The van der Waals surface area contributed by atoms with Crippen molar-refractivity contribution in [1.29, 1.82) is 0 Å². The van der Waals surface area contributed by atoms with Crippen LogP contribution < -0.4 is 15.4 Å². The molecule has 2 aromatic rings. The van der Waals surface area contributed by atoms with Gasteiger partial charge in [0.05, 0.1) is 13.2 Å². The molecule has 3 rings (SSSR count). The summed E-state index contributed by atoms with van der Waals surface area (Å²) in [5.41, 5.74) is 3.64. The molecule has 0 aromatic heterocycles. The summed E-state index contributed by atoms with van der Waals surface area (Å²) >= 11 is 0. The van der Waals surface area contributed by atoms with Gasteiger partial charge in [0.15, 0.2) is 0 Å². The van der Waals surface area contributed by atoms with E-state index in [0.29, 0.717) is 0 Å². The number of ether oxygens (including phenoxy) is 1. The van der Waals surface area contributed by atoms with Crippen molar-refractivity contribution in [3.63, 3.8) is 0 Å². The van der Waals surface area contributed by atoms with Gasteiger partial charge in [-0.3, -0.25) is 4.79 Å². The van der Waals surface area contributed by atoms with Crippen LogP contribution in [0.3, 0.4) is 0 Å². The molecule has 6 heteroatoms. The molecule has 1 aliphatic carbocycles. The zero-order valence-electron chi connectivity index (χ0n) is 20.1. The highest BCUT2D eigenvalue weighted by atomic mass is 16.5. The minimum atomic E-state index is -0.604. The molecule has 0 saturated heterocycles. The molecule has 0 radical (unpaired) electrons. The predicted octanol–water partition coefficient (Wildman–Crippen LogP) is 6.10. The molecule has 1 amide bonds. The van der Waals surface area contributed by atoms with Crippen LogP contribution in [0.2, 0.25) is 0 Å². The second-order valence-corrected chi connectivity index (χ2v) is 9.80. The number of anilines is 1. The summed E-state index contributed by atoms with van der Waals surface area (Å²) in [5, 5.41) is 9.60. The van der Waals surface area contributed by atoms with Gasteiger partial charge in [-0.15, -0.1) is 0 Å². The summed E-state index contributed by atoms with van der Waals surface area (Å²) < 4.78 is 5.27. The van der Waals surface area contributed by atoms with Crippen LogP contribution in [0.25, 0.3) is 0 Å². The summed E-state index contributed by atoms with van der Waals surface area (Å²) in [4.78, 5) is 24.2. The third-order valence-electron chi connectivity index (χ3n) is 6.40. The highest BCUT2D eigenvalue weighted by molar-refractivity contribution is 5.95. The monoisotopic (exact) mass is 449 g/mol. The predicted molar refractivity (Wildman–Crippen MR) is 133 cm³/mol. The zero-order chi connectivity index (χ0) is 24.0. The zero-order valence-corrected chi connectivity index (χ0v) is 20.1. The molecule has 0 heterocycles. The van der Waals surface area contributed by atoms with E-state index in [-0.39, 0.29) is 23.3 Å². The van der Waals surface area contributed by atoms with Crippen molar-refractivity contribution in [2.24, 2.45) is 11.1 Å².